The molecule has 1 amide bonds. The Morgan fingerprint density at radius 2 is 2.19 bits per heavy atom. The van der Waals surface area contributed by atoms with Crippen LogP contribution in [0.25, 0.3) is 6.08 Å². The summed E-state index contributed by atoms with van der Waals surface area (Å²) in [5.74, 6) is -0.705. The van der Waals surface area contributed by atoms with Crippen LogP contribution in [0.3, 0.4) is 0 Å². The summed E-state index contributed by atoms with van der Waals surface area (Å²) in [7, 11) is 1.79. The molecule has 21 heavy (non-hydrogen) atoms. The van der Waals surface area contributed by atoms with Crippen LogP contribution in [0.5, 0.6) is 0 Å². The van der Waals surface area contributed by atoms with E-state index in [0.717, 1.165) is 12.1 Å². The summed E-state index contributed by atoms with van der Waals surface area (Å²) in [4.78, 5) is 22.6. The standard InChI is InChI=1S/C15H23N3O3/c1-11(2)8-12(9-15(20)21)10-16-14(19)5-4-13-6-7-17-18(13)3/h4-7,11-12H,8-10H2,1-3H3,(H,16,19)(H,20,21)/t12-/m0/s1. The number of carbonyl (C=O) groups excluding carboxylic acids is 1. The van der Waals surface area contributed by atoms with E-state index < -0.39 is 5.97 Å². The fourth-order valence-electron chi connectivity index (χ4n) is 2.17. The molecule has 0 unspecified atom stereocenters. The summed E-state index contributed by atoms with van der Waals surface area (Å²) >= 11 is 0. The fourth-order valence-corrected chi connectivity index (χ4v) is 2.17. The maximum atomic E-state index is 11.8. The van der Waals surface area contributed by atoms with Crippen molar-refractivity contribution in [2.24, 2.45) is 18.9 Å². The molecular formula is C15H23N3O3. The second-order valence-corrected chi connectivity index (χ2v) is 5.55. The maximum absolute atomic E-state index is 11.8. The van der Waals surface area contributed by atoms with E-state index in [4.69, 9.17) is 5.11 Å². The Bertz CT molecular complexity index is 506. The Morgan fingerprint density at radius 1 is 1.48 bits per heavy atom. The highest BCUT2D eigenvalue weighted by molar-refractivity contribution is 5.91. The van der Waals surface area contributed by atoms with E-state index >= 15 is 0 Å². The van der Waals surface area contributed by atoms with Crippen molar-refractivity contribution in [2.75, 3.05) is 6.54 Å². The third-order valence-corrected chi connectivity index (χ3v) is 3.10. The minimum atomic E-state index is -0.833. The van der Waals surface area contributed by atoms with E-state index in [1.807, 2.05) is 13.8 Å². The number of nitrogens with one attached hydrogen (secondary N) is 1. The van der Waals surface area contributed by atoms with Crippen LogP contribution in [0.15, 0.2) is 18.3 Å². The van der Waals surface area contributed by atoms with Crippen molar-refractivity contribution in [3.05, 3.63) is 24.0 Å². The number of amides is 1. The molecule has 1 atom stereocenters. The number of aromatic nitrogens is 2. The van der Waals surface area contributed by atoms with Gasteiger partial charge < -0.3 is 10.4 Å². The molecule has 0 saturated heterocycles. The lowest BCUT2D eigenvalue weighted by Gasteiger charge is -2.17. The zero-order valence-corrected chi connectivity index (χ0v) is 12.7. The Balaban J connectivity index is 2.47. The molecular weight excluding hydrogens is 270 g/mol. The molecule has 0 spiro atoms. The van der Waals surface area contributed by atoms with E-state index in [2.05, 4.69) is 10.4 Å². The van der Waals surface area contributed by atoms with Gasteiger partial charge in [-0.3, -0.25) is 14.3 Å². The Kier molecular flexibility index (Phi) is 6.65. The van der Waals surface area contributed by atoms with Crippen LogP contribution in [-0.2, 0) is 16.6 Å². The summed E-state index contributed by atoms with van der Waals surface area (Å²) in [5, 5.41) is 15.6. The van der Waals surface area contributed by atoms with Gasteiger partial charge in [0.05, 0.1) is 5.69 Å². The van der Waals surface area contributed by atoms with Crippen molar-refractivity contribution in [1.82, 2.24) is 15.1 Å². The fraction of sp³-hybridized carbons (Fsp3) is 0.533. The van der Waals surface area contributed by atoms with Crippen LogP contribution >= 0.6 is 0 Å². The lowest BCUT2D eigenvalue weighted by Crippen LogP contribution is -2.29. The number of nitrogens with zero attached hydrogens (tertiary/aromatic N) is 2. The molecule has 116 valence electrons. The van der Waals surface area contributed by atoms with Crippen molar-refractivity contribution >= 4 is 18.0 Å². The highest BCUT2D eigenvalue weighted by Gasteiger charge is 2.15. The molecule has 0 aliphatic rings. The number of carboxylic acid groups (broad SMARTS) is 1. The summed E-state index contributed by atoms with van der Waals surface area (Å²) in [6.45, 7) is 4.46. The second-order valence-electron chi connectivity index (χ2n) is 5.55. The Hall–Kier alpha value is -2.11. The topological polar surface area (TPSA) is 84.2 Å². The van der Waals surface area contributed by atoms with Crippen LogP contribution in [-0.4, -0.2) is 33.3 Å². The van der Waals surface area contributed by atoms with Crippen molar-refractivity contribution in [1.29, 1.82) is 0 Å². The molecule has 0 fully saturated rings. The second kappa shape index (κ2) is 8.24. The van der Waals surface area contributed by atoms with Gasteiger partial charge in [0.2, 0.25) is 5.91 Å². The minimum Gasteiger partial charge on any atom is -0.481 e. The average Bonchev–Trinajstić information content (AvgIpc) is 2.77. The molecule has 1 aromatic rings. The van der Waals surface area contributed by atoms with Gasteiger partial charge in [-0.1, -0.05) is 13.8 Å². The van der Waals surface area contributed by atoms with Crippen LogP contribution in [0, 0.1) is 11.8 Å². The summed E-state index contributed by atoms with van der Waals surface area (Å²) in [6.07, 6.45) is 5.62. The molecule has 0 aliphatic carbocycles. The molecule has 1 rings (SSSR count). The first kappa shape index (κ1) is 16.9. The van der Waals surface area contributed by atoms with Crippen molar-refractivity contribution in [2.45, 2.75) is 26.7 Å². The monoisotopic (exact) mass is 293 g/mol. The molecule has 6 heteroatoms. The lowest BCUT2D eigenvalue weighted by atomic mass is 9.94. The van der Waals surface area contributed by atoms with E-state index in [1.54, 1.807) is 30.1 Å². The molecule has 2 N–H and O–H groups in total. The quantitative estimate of drug-likeness (QED) is 0.714. The number of carbonyl (C=O) groups is 2. The molecule has 0 saturated carbocycles. The summed E-state index contributed by atoms with van der Waals surface area (Å²) in [6, 6.07) is 1.80. The zero-order chi connectivity index (χ0) is 15.8. The predicted molar refractivity (Wildman–Crippen MR) is 80.4 cm³/mol. The van der Waals surface area contributed by atoms with E-state index in [-0.39, 0.29) is 18.2 Å². The largest absolute Gasteiger partial charge is 0.481 e. The molecule has 0 radical (unpaired) electrons. The third-order valence-electron chi connectivity index (χ3n) is 3.10. The molecule has 6 nitrogen and oxygen atoms in total. The number of hydrogen-bond donors (Lipinski definition) is 2. The van der Waals surface area contributed by atoms with E-state index in [1.165, 1.54) is 6.08 Å². The van der Waals surface area contributed by atoms with Gasteiger partial charge in [-0.2, -0.15) is 5.10 Å². The third kappa shape index (κ3) is 6.74. The molecule has 0 aliphatic heterocycles. The first-order chi connectivity index (χ1) is 9.88. The first-order valence-corrected chi connectivity index (χ1v) is 7.04. The Labute approximate surface area is 124 Å². The lowest BCUT2D eigenvalue weighted by molar-refractivity contribution is -0.138. The van der Waals surface area contributed by atoms with Gasteiger partial charge in [0.1, 0.15) is 0 Å². The van der Waals surface area contributed by atoms with Gasteiger partial charge in [-0.25, -0.2) is 0 Å². The van der Waals surface area contributed by atoms with Gasteiger partial charge >= 0.3 is 5.97 Å². The molecule has 0 aromatic carbocycles. The average molecular weight is 293 g/mol. The van der Waals surface area contributed by atoms with Gasteiger partial charge in [0, 0.05) is 32.3 Å². The number of rotatable bonds is 8. The zero-order valence-electron chi connectivity index (χ0n) is 12.7. The SMILES string of the molecule is CC(C)C[C@H](CNC(=O)C=Cc1ccnn1C)CC(=O)O. The van der Waals surface area contributed by atoms with E-state index in [9.17, 15) is 9.59 Å². The number of aryl methyl sites for hydroxylation is 1. The molecule has 0 bridgehead atoms. The van der Waals surface area contributed by atoms with Crippen molar-refractivity contribution < 1.29 is 14.7 Å². The normalized spacial score (nSPS) is 12.8. The van der Waals surface area contributed by atoms with Gasteiger partial charge in [-0.15, -0.1) is 0 Å². The summed E-state index contributed by atoms with van der Waals surface area (Å²) < 4.78 is 1.66. The molecule has 1 aromatic heterocycles. The van der Waals surface area contributed by atoms with Crippen molar-refractivity contribution in [3.8, 4) is 0 Å². The van der Waals surface area contributed by atoms with Gasteiger partial charge in [0.25, 0.3) is 0 Å². The predicted octanol–water partition coefficient (Wildman–Crippen LogP) is 1.69. The van der Waals surface area contributed by atoms with Crippen LogP contribution in [0.2, 0.25) is 0 Å². The number of carboxylic acids is 1. The maximum Gasteiger partial charge on any atom is 0.303 e. The number of aliphatic carboxylic acids is 1. The van der Waals surface area contributed by atoms with Crippen LogP contribution in [0.4, 0.5) is 0 Å². The van der Waals surface area contributed by atoms with Crippen LogP contribution in [0.1, 0.15) is 32.4 Å². The van der Waals surface area contributed by atoms with E-state index in [0.29, 0.717) is 12.5 Å². The van der Waals surface area contributed by atoms with Gasteiger partial charge in [-0.05, 0) is 30.4 Å². The first-order valence-electron chi connectivity index (χ1n) is 7.04. The smallest absolute Gasteiger partial charge is 0.303 e. The van der Waals surface area contributed by atoms with Crippen molar-refractivity contribution in [3.63, 3.8) is 0 Å². The van der Waals surface area contributed by atoms with Gasteiger partial charge in [0.15, 0.2) is 0 Å². The van der Waals surface area contributed by atoms with Crippen LogP contribution < -0.4 is 5.32 Å². The summed E-state index contributed by atoms with van der Waals surface area (Å²) in [5.41, 5.74) is 0.828. The Morgan fingerprint density at radius 3 is 2.71 bits per heavy atom. The minimum absolute atomic E-state index is 0.0449. The highest BCUT2D eigenvalue weighted by atomic mass is 16.4. The number of hydrogen-bond acceptors (Lipinski definition) is 3. The highest BCUT2D eigenvalue weighted by Crippen LogP contribution is 2.14. The molecule has 1 heterocycles.